The van der Waals surface area contributed by atoms with E-state index in [1.165, 1.54) is 9.13 Å². The first-order valence-electron chi connectivity index (χ1n) is 10.2. The van der Waals surface area contributed by atoms with Crippen molar-refractivity contribution in [2.75, 3.05) is 11.9 Å². The molecular weight excluding hydrogens is 382 g/mol. The lowest BCUT2D eigenvalue weighted by atomic mass is 10.1. The zero-order valence-electron chi connectivity index (χ0n) is 17.2. The molecule has 0 saturated carbocycles. The quantitative estimate of drug-likeness (QED) is 0.705. The number of nitrogens with zero attached hydrogens (tertiary/aromatic N) is 2. The molecule has 0 bridgehead atoms. The number of aryl methyl sites for hydroxylation is 1. The first kappa shape index (κ1) is 20.1. The summed E-state index contributed by atoms with van der Waals surface area (Å²) in [7, 11) is 0. The fourth-order valence-electron chi connectivity index (χ4n) is 3.90. The topological polar surface area (TPSA) is 82.3 Å². The predicted molar refractivity (Wildman–Crippen MR) is 116 cm³/mol. The van der Waals surface area contributed by atoms with Crippen LogP contribution >= 0.6 is 0 Å². The van der Waals surface area contributed by atoms with E-state index in [1.807, 2.05) is 32.0 Å². The van der Waals surface area contributed by atoms with Crippen LogP contribution < -0.4 is 16.6 Å². The molecule has 1 atom stereocenters. The minimum atomic E-state index is -0.495. The van der Waals surface area contributed by atoms with Crippen LogP contribution in [0.15, 0.2) is 52.1 Å². The Morgan fingerprint density at radius 2 is 1.90 bits per heavy atom. The monoisotopic (exact) mass is 407 g/mol. The highest BCUT2D eigenvalue weighted by Crippen LogP contribution is 2.18. The molecule has 1 amide bonds. The summed E-state index contributed by atoms with van der Waals surface area (Å²) in [6.45, 7) is 4.57. The number of hydrogen-bond donors (Lipinski definition) is 1. The molecule has 0 spiro atoms. The Morgan fingerprint density at radius 1 is 1.10 bits per heavy atom. The van der Waals surface area contributed by atoms with Gasteiger partial charge in [-0.05, 0) is 56.0 Å². The molecule has 2 aromatic carbocycles. The SMILES string of the molecule is Cc1cccc(NC(=O)Cn2c(=O)n(C[C@H]3CCCO3)c(=O)c3ccccc32)c1C. The summed E-state index contributed by atoms with van der Waals surface area (Å²) in [6, 6.07) is 12.6. The number of fused-ring (bicyclic) bond motifs is 1. The van der Waals surface area contributed by atoms with E-state index in [-0.39, 0.29) is 30.7 Å². The molecule has 1 aliphatic rings. The van der Waals surface area contributed by atoms with Crippen LogP contribution in [0.25, 0.3) is 10.9 Å². The smallest absolute Gasteiger partial charge is 0.332 e. The molecule has 3 aromatic rings. The number of rotatable bonds is 5. The highest BCUT2D eigenvalue weighted by Gasteiger charge is 2.21. The third-order valence-electron chi connectivity index (χ3n) is 5.72. The molecule has 30 heavy (non-hydrogen) atoms. The molecule has 0 aliphatic carbocycles. The number of anilines is 1. The molecule has 2 heterocycles. The van der Waals surface area contributed by atoms with Crippen molar-refractivity contribution in [3.8, 4) is 0 Å². The van der Waals surface area contributed by atoms with E-state index in [9.17, 15) is 14.4 Å². The third kappa shape index (κ3) is 3.80. The van der Waals surface area contributed by atoms with Gasteiger partial charge >= 0.3 is 5.69 Å². The number of hydrogen-bond acceptors (Lipinski definition) is 4. The maximum Gasteiger partial charge on any atom is 0.332 e. The standard InChI is InChI=1S/C23H25N3O4/c1-15-7-5-10-19(16(15)2)24-21(27)14-25-20-11-4-3-9-18(20)22(28)26(23(25)29)13-17-8-6-12-30-17/h3-5,7,9-11,17H,6,8,12-14H2,1-2H3,(H,24,27)/t17-/m1/s1. The number of para-hydroxylation sites is 1. The largest absolute Gasteiger partial charge is 0.376 e. The Labute approximate surface area is 173 Å². The van der Waals surface area contributed by atoms with E-state index in [0.29, 0.717) is 23.2 Å². The molecule has 4 rings (SSSR count). The summed E-state index contributed by atoms with van der Waals surface area (Å²) in [5, 5.41) is 3.30. The van der Waals surface area contributed by atoms with Gasteiger partial charge in [-0.3, -0.25) is 18.7 Å². The number of nitrogens with one attached hydrogen (secondary N) is 1. The number of carbonyl (C=O) groups excluding carboxylic acids is 1. The van der Waals surface area contributed by atoms with Gasteiger partial charge in [0.25, 0.3) is 5.56 Å². The first-order chi connectivity index (χ1) is 14.5. The number of ether oxygens (including phenoxy) is 1. The summed E-state index contributed by atoms with van der Waals surface area (Å²) >= 11 is 0. The lowest BCUT2D eigenvalue weighted by molar-refractivity contribution is -0.116. The Morgan fingerprint density at radius 3 is 2.67 bits per heavy atom. The van der Waals surface area contributed by atoms with Gasteiger partial charge in [-0.1, -0.05) is 24.3 Å². The Bertz CT molecular complexity index is 1220. The van der Waals surface area contributed by atoms with Gasteiger partial charge in [0.1, 0.15) is 6.54 Å². The summed E-state index contributed by atoms with van der Waals surface area (Å²) in [5.74, 6) is -0.321. The van der Waals surface area contributed by atoms with Crippen LogP contribution in [0.5, 0.6) is 0 Å². The molecule has 1 aromatic heterocycles. The van der Waals surface area contributed by atoms with E-state index < -0.39 is 5.69 Å². The van der Waals surface area contributed by atoms with Crippen molar-refractivity contribution >= 4 is 22.5 Å². The Kier molecular flexibility index (Phi) is 5.55. The number of benzene rings is 2. The van der Waals surface area contributed by atoms with E-state index in [4.69, 9.17) is 4.74 Å². The van der Waals surface area contributed by atoms with Gasteiger partial charge in [0.2, 0.25) is 5.91 Å². The van der Waals surface area contributed by atoms with E-state index >= 15 is 0 Å². The maximum atomic E-state index is 13.2. The molecular formula is C23H25N3O4. The van der Waals surface area contributed by atoms with Gasteiger partial charge in [-0.2, -0.15) is 0 Å². The van der Waals surface area contributed by atoms with Crippen molar-refractivity contribution in [2.45, 2.75) is 45.9 Å². The van der Waals surface area contributed by atoms with Crippen LogP contribution in [-0.4, -0.2) is 27.8 Å². The van der Waals surface area contributed by atoms with Gasteiger partial charge in [-0.25, -0.2) is 4.79 Å². The molecule has 0 unspecified atom stereocenters. The molecule has 1 saturated heterocycles. The number of carbonyl (C=O) groups is 1. The van der Waals surface area contributed by atoms with Crippen molar-refractivity contribution in [1.82, 2.24) is 9.13 Å². The lowest BCUT2D eigenvalue weighted by Gasteiger charge is -2.17. The normalized spacial score (nSPS) is 16.1. The average Bonchev–Trinajstić information content (AvgIpc) is 3.25. The molecule has 1 fully saturated rings. The minimum Gasteiger partial charge on any atom is -0.376 e. The van der Waals surface area contributed by atoms with Gasteiger partial charge in [-0.15, -0.1) is 0 Å². The second-order valence-electron chi connectivity index (χ2n) is 7.73. The second-order valence-corrected chi connectivity index (χ2v) is 7.73. The van der Waals surface area contributed by atoms with Crippen LogP contribution in [-0.2, 0) is 22.6 Å². The summed E-state index contributed by atoms with van der Waals surface area (Å²) in [5.41, 5.74) is 2.37. The highest BCUT2D eigenvalue weighted by atomic mass is 16.5. The van der Waals surface area contributed by atoms with E-state index in [0.717, 1.165) is 24.0 Å². The van der Waals surface area contributed by atoms with Crippen molar-refractivity contribution < 1.29 is 9.53 Å². The van der Waals surface area contributed by atoms with Crippen molar-refractivity contribution in [2.24, 2.45) is 0 Å². The summed E-state index contributed by atoms with van der Waals surface area (Å²) < 4.78 is 8.18. The third-order valence-corrected chi connectivity index (χ3v) is 5.72. The van der Waals surface area contributed by atoms with Gasteiger partial charge in [0.05, 0.1) is 23.6 Å². The number of amides is 1. The maximum absolute atomic E-state index is 13.2. The van der Waals surface area contributed by atoms with Crippen molar-refractivity contribution in [1.29, 1.82) is 0 Å². The average molecular weight is 407 g/mol. The molecule has 156 valence electrons. The van der Waals surface area contributed by atoms with E-state index in [1.54, 1.807) is 24.3 Å². The molecule has 7 nitrogen and oxygen atoms in total. The molecule has 0 radical (unpaired) electrons. The fourth-order valence-corrected chi connectivity index (χ4v) is 3.90. The van der Waals surface area contributed by atoms with Crippen molar-refractivity contribution in [3.05, 3.63) is 74.4 Å². The summed E-state index contributed by atoms with van der Waals surface area (Å²) in [6.07, 6.45) is 1.57. The van der Waals surface area contributed by atoms with Crippen LogP contribution in [0.1, 0.15) is 24.0 Å². The first-order valence-corrected chi connectivity index (χ1v) is 10.2. The van der Waals surface area contributed by atoms with E-state index in [2.05, 4.69) is 5.32 Å². The van der Waals surface area contributed by atoms with Gasteiger partial charge < -0.3 is 10.1 Å². The zero-order valence-corrected chi connectivity index (χ0v) is 17.2. The molecule has 1 aliphatic heterocycles. The minimum absolute atomic E-state index is 0.159. The fraction of sp³-hybridized carbons (Fsp3) is 0.348. The van der Waals surface area contributed by atoms with Crippen molar-refractivity contribution in [3.63, 3.8) is 0 Å². The molecule has 1 N–H and O–H groups in total. The zero-order chi connectivity index (χ0) is 21.3. The lowest BCUT2D eigenvalue weighted by Crippen LogP contribution is -2.43. The van der Waals surface area contributed by atoms with Gasteiger partial charge in [0.15, 0.2) is 0 Å². The Balaban J connectivity index is 1.72. The van der Waals surface area contributed by atoms with Crippen LogP contribution in [0.3, 0.4) is 0 Å². The highest BCUT2D eigenvalue weighted by molar-refractivity contribution is 5.92. The second kappa shape index (κ2) is 8.28. The summed E-state index contributed by atoms with van der Waals surface area (Å²) in [4.78, 5) is 38.9. The Hall–Kier alpha value is -3.19. The molecule has 7 heteroatoms. The van der Waals surface area contributed by atoms with Gasteiger partial charge in [0, 0.05) is 12.3 Å². The van der Waals surface area contributed by atoms with Crippen LogP contribution in [0, 0.1) is 13.8 Å². The number of aromatic nitrogens is 2. The van der Waals surface area contributed by atoms with Crippen LogP contribution in [0.2, 0.25) is 0 Å². The van der Waals surface area contributed by atoms with Crippen LogP contribution in [0.4, 0.5) is 5.69 Å². The predicted octanol–water partition coefficient (Wildman–Crippen LogP) is 2.60.